The van der Waals surface area contributed by atoms with Crippen molar-refractivity contribution < 1.29 is 4.74 Å². The SMILES string of the molecule is COc1ccc(CSc2n[nH]c(-c3ccccc3)n2)cc1. The zero-order valence-corrected chi connectivity index (χ0v) is 12.4. The van der Waals surface area contributed by atoms with Crippen LogP contribution in [-0.2, 0) is 5.75 Å². The maximum atomic E-state index is 5.15. The predicted molar refractivity (Wildman–Crippen MR) is 84.4 cm³/mol. The molecule has 1 aromatic heterocycles. The van der Waals surface area contributed by atoms with Crippen LogP contribution in [0, 0.1) is 0 Å². The second-order valence-electron chi connectivity index (χ2n) is 4.47. The van der Waals surface area contributed by atoms with Gasteiger partial charge in [0, 0.05) is 11.3 Å². The highest BCUT2D eigenvalue weighted by molar-refractivity contribution is 7.98. The molecule has 1 N–H and O–H groups in total. The Morgan fingerprint density at radius 3 is 2.52 bits per heavy atom. The number of thioether (sulfide) groups is 1. The number of rotatable bonds is 5. The molecule has 3 aromatic rings. The Labute approximate surface area is 127 Å². The maximum absolute atomic E-state index is 5.15. The molecule has 0 radical (unpaired) electrons. The van der Waals surface area contributed by atoms with Crippen LogP contribution in [0.25, 0.3) is 11.4 Å². The molecule has 4 nitrogen and oxygen atoms in total. The lowest BCUT2D eigenvalue weighted by molar-refractivity contribution is 0.414. The quantitative estimate of drug-likeness (QED) is 0.728. The Morgan fingerprint density at radius 2 is 1.81 bits per heavy atom. The van der Waals surface area contributed by atoms with E-state index in [2.05, 4.69) is 27.3 Å². The van der Waals surface area contributed by atoms with Crippen LogP contribution in [-0.4, -0.2) is 22.3 Å². The van der Waals surface area contributed by atoms with Gasteiger partial charge in [-0.15, -0.1) is 5.10 Å². The lowest BCUT2D eigenvalue weighted by atomic mass is 10.2. The van der Waals surface area contributed by atoms with Crippen LogP contribution >= 0.6 is 11.8 Å². The average molecular weight is 297 g/mol. The molecule has 106 valence electrons. The summed E-state index contributed by atoms with van der Waals surface area (Å²) in [7, 11) is 1.67. The zero-order valence-electron chi connectivity index (χ0n) is 11.6. The maximum Gasteiger partial charge on any atom is 0.209 e. The number of hydrogen-bond acceptors (Lipinski definition) is 4. The smallest absolute Gasteiger partial charge is 0.209 e. The highest BCUT2D eigenvalue weighted by Gasteiger charge is 2.06. The number of nitrogens with zero attached hydrogens (tertiary/aromatic N) is 2. The molecule has 0 fully saturated rings. The van der Waals surface area contributed by atoms with E-state index < -0.39 is 0 Å². The molecule has 0 aliphatic heterocycles. The van der Waals surface area contributed by atoms with E-state index in [1.807, 2.05) is 42.5 Å². The summed E-state index contributed by atoms with van der Waals surface area (Å²) in [6.07, 6.45) is 0. The summed E-state index contributed by atoms with van der Waals surface area (Å²) in [5.74, 6) is 2.50. The van der Waals surface area contributed by atoms with E-state index in [-0.39, 0.29) is 0 Å². The molecule has 0 spiro atoms. The highest BCUT2D eigenvalue weighted by atomic mass is 32.2. The number of hydrogen-bond donors (Lipinski definition) is 1. The summed E-state index contributed by atoms with van der Waals surface area (Å²) in [6, 6.07) is 18.0. The summed E-state index contributed by atoms with van der Waals surface area (Å²) < 4.78 is 5.15. The van der Waals surface area contributed by atoms with E-state index >= 15 is 0 Å². The van der Waals surface area contributed by atoms with Gasteiger partial charge in [0.1, 0.15) is 5.75 Å². The molecule has 0 saturated carbocycles. The number of H-pyrrole nitrogens is 1. The molecule has 21 heavy (non-hydrogen) atoms. The van der Waals surface area contributed by atoms with Crippen molar-refractivity contribution in [2.24, 2.45) is 0 Å². The van der Waals surface area contributed by atoms with Crippen LogP contribution in [0.4, 0.5) is 0 Å². The van der Waals surface area contributed by atoms with Crippen LogP contribution in [0.1, 0.15) is 5.56 Å². The van der Waals surface area contributed by atoms with E-state index in [0.717, 1.165) is 28.0 Å². The molecule has 0 aliphatic carbocycles. The molecule has 0 unspecified atom stereocenters. The van der Waals surface area contributed by atoms with Crippen LogP contribution in [0.5, 0.6) is 5.75 Å². The van der Waals surface area contributed by atoms with Crippen LogP contribution in [0.15, 0.2) is 59.8 Å². The van der Waals surface area contributed by atoms with E-state index in [1.165, 1.54) is 5.56 Å². The molecular formula is C16H15N3OS. The lowest BCUT2D eigenvalue weighted by Gasteiger charge is -2.01. The van der Waals surface area contributed by atoms with Crippen molar-refractivity contribution in [2.45, 2.75) is 10.9 Å². The van der Waals surface area contributed by atoms with Gasteiger partial charge in [0.25, 0.3) is 0 Å². The fourth-order valence-corrected chi connectivity index (χ4v) is 2.66. The third-order valence-electron chi connectivity index (χ3n) is 3.04. The summed E-state index contributed by atoms with van der Waals surface area (Å²) in [4.78, 5) is 4.50. The molecule has 0 aliphatic rings. The summed E-state index contributed by atoms with van der Waals surface area (Å²) >= 11 is 1.61. The molecule has 0 amide bonds. The first kappa shape index (κ1) is 13.7. The third-order valence-corrected chi connectivity index (χ3v) is 3.96. The van der Waals surface area contributed by atoms with Crippen molar-refractivity contribution in [3.63, 3.8) is 0 Å². The Morgan fingerprint density at radius 1 is 1.05 bits per heavy atom. The normalized spacial score (nSPS) is 10.5. The minimum Gasteiger partial charge on any atom is -0.497 e. The van der Waals surface area contributed by atoms with Gasteiger partial charge >= 0.3 is 0 Å². The zero-order chi connectivity index (χ0) is 14.5. The van der Waals surface area contributed by atoms with Gasteiger partial charge in [0.05, 0.1) is 7.11 Å². The second kappa shape index (κ2) is 6.45. The van der Waals surface area contributed by atoms with Gasteiger partial charge in [-0.25, -0.2) is 4.98 Å². The first-order chi connectivity index (χ1) is 10.3. The van der Waals surface area contributed by atoms with Crippen molar-refractivity contribution >= 4 is 11.8 Å². The Balaban J connectivity index is 1.64. The molecule has 0 bridgehead atoms. The number of nitrogens with one attached hydrogen (secondary N) is 1. The largest absolute Gasteiger partial charge is 0.497 e. The van der Waals surface area contributed by atoms with Gasteiger partial charge in [-0.1, -0.05) is 54.2 Å². The number of aromatic nitrogens is 3. The topological polar surface area (TPSA) is 50.8 Å². The van der Waals surface area contributed by atoms with Crippen molar-refractivity contribution in [1.82, 2.24) is 15.2 Å². The van der Waals surface area contributed by atoms with Gasteiger partial charge in [0.2, 0.25) is 5.16 Å². The Kier molecular flexibility index (Phi) is 4.21. The monoisotopic (exact) mass is 297 g/mol. The van der Waals surface area contributed by atoms with E-state index in [0.29, 0.717) is 0 Å². The predicted octanol–water partition coefficient (Wildman–Crippen LogP) is 3.77. The molecule has 0 atom stereocenters. The van der Waals surface area contributed by atoms with Crippen LogP contribution in [0.3, 0.4) is 0 Å². The number of aromatic amines is 1. The lowest BCUT2D eigenvalue weighted by Crippen LogP contribution is -1.85. The van der Waals surface area contributed by atoms with Crippen molar-refractivity contribution in [1.29, 1.82) is 0 Å². The minimum atomic E-state index is 0.754. The van der Waals surface area contributed by atoms with E-state index in [1.54, 1.807) is 18.9 Å². The Hall–Kier alpha value is -2.27. The summed E-state index contributed by atoms with van der Waals surface area (Å²) in [5.41, 5.74) is 2.26. The van der Waals surface area contributed by atoms with Crippen LogP contribution in [0.2, 0.25) is 0 Å². The average Bonchev–Trinajstić information content (AvgIpc) is 3.03. The van der Waals surface area contributed by atoms with Gasteiger partial charge in [0.15, 0.2) is 5.82 Å². The highest BCUT2D eigenvalue weighted by Crippen LogP contribution is 2.23. The van der Waals surface area contributed by atoms with E-state index in [4.69, 9.17) is 4.74 Å². The number of ether oxygens (including phenoxy) is 1. The summed E-state index contributed by atoms with van der Waals surface area (Å²) in [6.45, 7) is 0. The van der Waals surface area contributed by atoms with Crippen molar-refractivity contribution in [3.8, 4) is 17.1 Å². The standard InChI is InChI=1S/C16H15N3OS/c1-20-14-9-7-12(8-10-14)11-21-16-17-15(18-19-16)13-5-3-2-4-6-13/h2-10H,11H2,1H3,(H,17,18,19). The van der Waals surface area contributed by atoms with Crippen LogP contribution < -0.4 is 4.74 Å². The van der Waals surface area contributed by atoms with Gasteiger partial charge in [-0.05, 0) is 17.7 Å². The fraction of sp³-hybridized carbons (Fsp3) is 0.125. The molecule has 1 heterocycles. The molecule has 5 heteroatoms. The number of methoxy groups -OCH3 is 1. The fourth-order valence-electron chi connectivity index (χ4n) is 1.91. The van der Waals surface area contributed by atoms with Gasteiger partial charge < -0.3 is 4.74 Å². The Bertz CT molecular complexity index is 695. The first-order valence-corrected chi connectivity index (χ1v) is 7.57. The van der Waals surface area contributed by atoms with Gasteiger partial charge in [-0.3, -0.25) is 5.10 Å². The molecular weight excluding hydrogens is 282 g/mol. The molecule has 0 saturated heterocycles. The van der Waals surface area contributed by atoms with E-state index in [9.17, 15) is 0 Å². The van der Waals surface area contributed by atoms with Gasteiger partial charge in [-0.2, -0.15) is 0 Å². The first-order valence-electron chi connectivity index (χ1n) is 6.59. The van der Waals surface area contributed by atoms with Crippen molar-refractivity contribution in [3.05, 3.63) is 60.2 Å². The summed E-state index contributed by atoms with van der Waals surface area (Å²) in [5, 5.41) is 7.97. The molecule has 2 aromatic carbocycles. The minimum absolute atomic E-state index is 0.754. The third kappa shape index (κ3) is 3.44. The van der Waals surface area contributed by atoms with Crippen molar-refractivity contribution in [2.75, 3.05) is 7.11 Å². The molecule has 3 rings (SSSR count). The number of benzene rings is 2. The second-order valence-corrected chi connectivity index (χ2v) is 5.41.